The fourth-order valence-corrected chi connectivity index (χ4v) is 0.853. The third-order valence-corrected chi connectivity index (χ3v) is 1.52. The van der Waals surface area contributed by atoms with Gasteiger partial charge in [0.15, 0.2) is 0 Å². The number of rotatable bonds is 4. The molecule has 0 aromatic heterocycles. The second-order valence-electron chi connectivity index (χ2n) is 3.17. The molecule has 0 aromatic rings. The van der Waals surface area contributed by atoms with Crippen LogP contribution in [0.1, 0.15) is 27.2 Å². The maximum atomic E-state index is 8.64. The van der Waals surface area contributed by atoms with E-state index in [0.717, 1.165) is 12.1 Å². The van der Waals surface area contributed by atoms with Crippen LogP contribution in [0.3, 0.4) is 0 Å². The van der Waals surface area contributed by atoms with Crippen LogP contribution < -0.4 is 5.73 Å². The third kappa shape index (κ3) is 7.27. The van der Waals surface area contributed by atoms with Crippen LogP contribution in [0.15, 0.2) is 40.2 Å². The SMILES string of the molecule is CC/C=C(\C=C(/C)C#N)N=CC=C(C)N. The van der Waals surface area contributed by atoms with Crippen LogP contribution in [0, 0.1) is 11.3 Å². The lowest BCUT2D eigenvalue weighted by atomic mass is 10.2. The number of allylic oxidation sites excluding steroid dienone is 5. The molecule has 3 heteroatoms. The van der Waals surface area contributed by atoms with E-state index in [4.69, 9.17) is 11.0 Å². The maximum absolute atomic E-state index is 8.64. The van der Waals surface area contributed by atoms with Crippen molar-refractivity contribution in [2.45, 2.75) is 27.2 Å². The molecule has 0 rings (SSSR count). The summed E-state index contributed by atoms with van der Waals surface area (Å²) in [5, 5.41) is 8.64. The third-order valence-electron chi connectivity index (χ3n) is 1.52. The Morgan fingerprint density at radius 2 is 2.13 bits per heavy atom. The van der Waals surface area contributed by atoms with Gasteiger partial charge in [0, 0.05) is 17.5 Å². The summed E-state index contributed by atoms with van der Waals surface area (Å²) in [7, 11) is 0. The van der Waals surface area contributed by atoms with Gasteiger partial charge in [0.2, 0.25) is 0 Å². The fraction of sp³-hybridized carbons (Fsp3) is 0.333. The van der Waals surface area contributed by atoms with Gasteiger partial charge in [-0.2, -0.15) is 5.26 Å². The van der Waals surface area contributed by atoms with Gasteiger partial charge in [-0.1, -0.05) is 13.0 Å². The molecule has 0 heterocycles. The van der Waals surface area contributed by atoms with E-state index in [1.54, 1.807) is 32.2 Å². The molecule has 3 nitrogen and oxygen atoms in total. The molecule has 0 bridgehead atoms. The zero-order valence-corrected chi connectivity index (χ0v) is 9.49. The number of aliphatic imine (C=N–C) groups is 1. The smallest absolute Gasteiger partial charge is 0.0944 e. The van der Waals surface area contributed by atoms with Gasteiger partial charge < -0.3 is 5.73 Å². The molecule has 0 aliphatic heterocycles. The summed E-state index contributed by atoms with van der Waals surface area (Å²) < 4.78 is 0. The molecule has 15 heavy (non-hydrogen) atoms. The molecule has 0 radical (unpaired) electrons. The van der Waals surface area contributed by atoms with E-state index >= 15 is 0 Å². The predicted molar refractivity (Wildman–Crippen MR) is 64.2 cm³/mol. The molecule has 0 aliphatic rings. The first-order chi connectivity index (χ1) is 7.10. The lowest BCUT2D eigenvalue weighted by Crippen LogP contribution is -1.89. The minimum atomic E-state index is 0.639. The highest BCUT2D eigenvalue weighted by Crippen LogP contribution is 2.04. The number of hydrogen-bond acceptors (Lipinski definition) is 3. The summed E-state index contributed by atoms with van der Waals surface area (Å²) in [6, 6.07) is 2.06. The molecule has 0 spiro atoms. The van der Waals surface area contributed by atoms with E-state index in [0.29, 0.717) is 11.3 Å². The number of nitrogens with zero attached hydrogens (tertiary/aromatic N) is 2. The summed E-state index contributed by atoms with van der Waals surface area (Å²) in [6.45, 7) is 5.57. The Hall–Kier alpha value is -1.82. The van der Waals surface area contributed by atoms with Crippen molar-refractivity contribution in [2.75, 3.05) is 0 Å². The maximum Gasteiger partial charge on any atom is 0.0944 e. The van der Waals surface area contributed by atoms with Crippen LogP contribution in [-0.2, 0) is 0 Å². The Balaban J connectivity index is 4.73. The molecular formula is C12H17N3. The zero-order valence-electron chi connectivity index (χ0n) is 9.49. The van der Waals surface area contributed by atoms with Crippen molar-refractivity contribution in [1.82, 2.24) is 0 Å². The molecule has 0 aromatic carbocycles. The van der Waals surface area contributed by atoms with Crippen molar-refractivity contribution in [3.05, 3.63) is 35.2 Å². The van der Waals surface area contributed by atoms with Crippen molar-refractivity contribution < 1.29 is 0 Å². The predicted octanol–water partition coefficient (Wildman–Crippen LogP) is 2.68. The molecule has 0 atom stereocenters. The normalized spacial score (nSPS) is 14.4. The second-order valence-corrected chi connectivity index (χ2v) is 3.17. The van der Waals surface area contributed by atoms with E-state index in [9.17, 15) is 0 Å². The van der Waals surface area contributed by atoms with Crippen molar-refractivity contribution in [1.29, 1.82) is 5.26 Å². The molecule has 0 saturated carbocycles. The van der Waals surface area contributed by atoms with Gasteiger partial charge in [0.25, 0.3) is 0 Å². The van der Waals surface area contributed by atoms with Gasteiger partial charge in [-0.05, 0) is 32.4 Å². The fourth-order valence-electron chi connectivity index (χ4n) is 0.853. The molecule has 80 valence electrons. The minimum Gasteiger partial charge on any atom is -0.402 e. The summed E-state index contributed by atoms with van der Waals surface area (Å²) in [5.74, 6) is 0. The molecule has 2 N–H and O–H groups in total. The Morgan fingerprint density at radius 3 is 2.60 bits per heavy atom. The van der Waals surface area contributed by atoms with Crippen molar-refractivity contribution in [2.24, 2.45) is 10.7 Å². The molecule has 0 unspecified atom stereocenters. The van der Waals surface area contributed by atoms with Crippen LogP contribution in [0.25, 0.3) is 0 Å². The van der Waals surface area contributed by atoms with Crippen LogP contribution >= 0.6 is 0 Å². The molecular weight excluding hydrogens is 186 g/mol. The summed E-state index contributed by atoms with van der Waals surface area (Å²) >= 11 is 0. The molecule has 0 amide bonds. The Kier molecular flexibility index (Phi) is 6.65. The quantitative estimate of drug-likeness (QED) is 0.434. The van der Waals surface area contributed by atoms with Crippen molar-refractivity contribution in [3.63, 3.8) is 0 Å². The summed E-state index contributed by atoms with van der Waals surface area (Å²) in [5.41, 5.74) is 7.59. The lowest BCUT2D eigenvalue weighted by molar-refractivity contribution is 1.18. The van der Waals surface area contributed by atoms with Gasteiger partial charge >= 0.3 is 0 Å². The standard InChI is InChI=1S/C12H17N3/c1-4-5-12(8-10(2)9-13)15-7-6-11(3)14/h5-8H,4,14H2,1-3H3/b10-8+,11-6?,12-5+,15-7?. The van der Waals surface area contributed by atoms with Crippen molar-refractivity contribution in [3.8, 4) is 6.07 Å². The largest absolute Gasteiger partial charge is 0.402 e. The van der Waals surface area contributed by atoms with Gasteiger partial charge in [-0.3, -0.25) is 4.99 Å². The average molecular weight is 203 g/mol. The van der Waals surface area contributed by atoms with Crippen LogP contribution in [0.4, 0.5) is 0 Å². The molecule has 0 aliphatic carbocycles. The molecule has 0 saturated heterocycles. The van der Waals surface area contributed by atoms with E-state index in [1.165, 1.54) is 0 Å². The van der Waals surface area contributed by atoms with Gasteiger partial charge in [0.05, 0.1) is 11.8 Å². The monoisotopic (exact) mass is 203 g/mol. The Morgan fingerprint density at radius 1 is 1.47 bits per heavy atom. The Bertz CT molecular complexity index is 348. The van der Waals surface area contributed by atoms with Crippen molar-refractivity contribution >= 4 is 6.21 Å². The highest BCUT2D eigenvalue weighted by molar-refractivity contribution is 5.73. The first-order valence-corrected chi connectivity index (χ1v) is 4.85. The first-order valence-electron chi connectivity index (χ1n) is 4.85. The van der Waals surface area contributed by atoms with Gasteiger partial charge in [-0.15, -0.1) is 0 Å². The second kappa shape index (κ2) is 7.57. The molecule has 0 fully saturated rings. The Labute approximate surface area is 91.3 Å². The average Bonchev–Trinajstić information content (AvgIpc) is 2.17. The lowest BCUT2D eigenvalue weighted by Gasteiger charge is -1.93. The van der Waals surface area contributed by atoms with Crippen LogP contribution in [0.2, 0.25) is 0 Å². The van der Waals surface area contributed by atoms with E-state index in [-0.39, 0.29) is 0 Å². The highest BCUT2D eigenvalue weighted by Gasteiger charge is 1.89. The van der Waals surface area contributed by atoms with Crippen LogP contribution in [0.5, 0.6) is 0 Å². The number of hydrogen-bond donors (Lipinski definition) is 1. The van der Waals surface area contributed by atoms with E-state index < -0.39 is 0 Å². The first kappa shape index (κ1) is 13.2. The van der Waals surface area contributed by atoms with Gasteiger partial charge in [0.1, 0.15) is 0 Å². The number of nitriles is 1. The minimum absolute atomic E-state index is 0.639. The van der Waals surface area contributed by atoms with Gasteiger partial charge in [-0.25, -0.2) is 0 Å². The summed E-state index contributed by atoms with van der Waals surface area (Å²) in [4.78, 5) is 4.19. The van der Waals surface area contributed by atoms with E-state index in [2.05, 4.69) is 11.1 Å². The van der Waals surface area contributed by atoms with E-state index in [1.807, 2.05) is 13.0 Å². The topological polar surface area (TPSA) is 62.2 Å². The number of nitrogens with two attached hydrogens (primary N) is 1. The summed E-state index contributed by atoms with van der Waals surface area (Å²) in [6.07, 6.45) is 7.95. The zero-order chi connectivity index (χ0) is 11.7. The van der Waals surface area contributed by atoms with Crippen LogP contribution in [-0.4, -0.2) is 6.21 Å². The highest BCUT2D eigenvalue weighted by atomic mass is 14.7.